The maximum absolute atomic E-state index is 11.7. The van der Waals surface area contributed by atoms with Gasteiger partial charge in [-0.25, -0.2) is 9.79 Å². The summed E-state index contributed by atoms with van der Waals surface area (Å²) in [6, 6.07) is 1.69. The number of carbonyl (C=O) groups is 1. The Hall–Kier alpha value is -2.77. The van der Waals surface area contributed by atoms with Gasteiger partial charge in [0, 0.05) is 38.9 Å². The fourth-order valence-electron chi connectivity index (χ4n) is 3.05. The molecule has 8 nitrogen and oxygen atoms in total. The highest BCUT2D eigenvalue weighted by Gasteiger charge is 2.17. The van der Waals surface area contributed by atoms with Crippen molar-refractivity contribution in [3.05, 3.63) is 40.6 Å². The van der Waals surface area contributed by atoms with Crippen LogP contribution in [0.2, 0.25) is 0 Å². The minimum Gasteiger partial charge on any atom is -0.465 e. The Morgan fingerprint density at radius 2 is 2.18 bits per heavy atom. The molecule has 0 fully saturated rings. The minimum absolute atomic E-state index is 0.328. The van der Waals surface area contributed by atoms with Crippen LogP contribution in [0.3, 0.4) is 0 Å². The molecule has 0 bridgehead atoms. The van der Waals surface area contributed by atoms with E-state index in [1.165, 1.54) is 12.7 Å². The molecule has 0 spiro atoms. The van der Waals surface area contributed by atoms with Gasteiger partial charge < -0.3 is 19.4 Å². The second kappa shape index (κ2) is 9.43. The molecule has 2 aromatic heterocycles. The summed E-state index contributed by atoms with van der Waals surface area (Å²) >= 11 is 0. The van der Waals surface area contributed by atoms with Gasteiger partial charge in [-0.05, 0) is 25.8 Å². The Balaban J connectivity index is 2.17. The van der Waals surface area contributed by atoms with Crippen LogP contribution in [-0.4, -0.2) is 47.3 Å². The fraction of sp³-hybridized carbons (Fsp3) is 0.550. The largest absolute Gasteiger partial charge is 0.465 e. The maximum Gasteiger partial charge on any atom is 0.341 e. The maximum atomic E-state index is 11.7. The molecule has 0 saturated carbocycles. The summed E-state index contributed by atoms with van der Waals surface area (Å²) in [6.45, 7) is 9.82. The first-order valence-corrected chi connectivity index (χ1v) is 9.46. The first kappa shape index (κ1) is 21.5. The number of guanidine groups is 1. The van der Waals surface area contributed by atoms with Gasteiger partial charge in [0.05, 0.1) is 12.8 Å². The number of furan rings is 1. The number of aromatic nitrogens is 2. The summed E-state index contributed by atoms with van der Waals surface area (Å²) in [5, 5.41) is 7.87. The Labute approximate surface area is 166 Å². The van der Waals surface area contributed by atoms with Gasteiger partial charge in [-0.2, -0.15) is 5.10 Å². The van der Waals surface area contributed by atoms with Gasteiger partial charge in [-0.1, -0.05) is 13.8 Å². The summed E-state index contributed by atoms with van der Waals surface area (Å²) in [5.74, 6) is 1.86. The summed E-state index contributed by atoms with van der Waals surface area (Å²) in [6.07, 6.45) is 2.05. The zero-order valence-corrected chi connectivity index (χ0v) is 17.9. The standard InChI is InChI=1S/C20H31N5O3/c1-8-21-20(22-10-16-9-17(14(4)28-16)19(26)27-7)24(5)11-15-12-25(6)23-18(15)13(2)3/h9,12-13H,8,10-11H2,1-7H3,(H,21,22). The van der Waals surface area contributed by atoms with Gasteiger partial charge in [0.2, 0.25) is 0 Å². The van der Waals surface area contributed by atoms with Crippen molar-refractivity contribution < 1.29 is 13.9 Å². The molecular formula is C20H31N5O3. The van der Waals surface area contributed by atoms with E-state index in [9.17, 15) is 4.79 Å². The number of ether oxygens (including phenoxy) is 1. The Morgan fingerprint density at radius 1 is 1.46 bits per heavy atom. The lowest BCUT2D eigenvalue weighted by Crippen LogP contribution is -2.38. The topological polar surface area (TPSA) is 84.9 Å². The molecule has 0 aliphatic heterocycles. The van der Waals surface area contributed by atoms with E-state index < -0.39 is 5.97 Å². The van der Waals surface area contributed by atoms with Gasteiger partial charge in [0.1, 0.15) is 23.6 Å². The van der Waals surface area contributed by atoms with Crippen LogP contribution >= 0.6 is 0 Å². The van der Waals surface area contributed by atoms with Gasteiger partial charge in [0.15, 0.2) is 5.96 Å². The first-order chi connectivity index (χ1) is 13.3. The molecule has 0 aromatic carbocycles. The van der Waals surface area contributed by atoms with Gasteiger partial charge in [0.25, 0.3) is 0 Å². The van der Waals surface area contributed by atoms with Gasteiger partial charge >= 0.3 is 5.97 Å². The van der Waals surface area contributed by atoms with Crippen molar-refractivity contribution in [3.8, 4) is 0 Å². The average molecular weight is 390 g/mol. The van der Waals surface area contributed by atoms with E-state index in [1.807, 2.05) is 31.9 Å². The van der Waals surface area contributed by atoms with Gasteiger partial charge in [-0.15, -0.1) is 0 Å². The second-order valence-electron chi connectivity index (χ2n) is 7.07. The van der Waals surface area contributed by atoms with Crippen molar-refractivity contribution in [2.75, 3.05) is 20.7 Å². The number of aryl methyl sites for hydroxylation is 2. The van der Waals surface area contributed by atoms with Crippen molar-refractivity contribution in [2.24, 2.45) is 12.0 Å². The molecule has 0 unspecified atom stereocenters. The smallest absolute Gasteiger partial charge is 0.341 e. The monoisotopic (exact) mass is 389 g/mol. The predicted molar refractivity (Wildman–Crippen MR) is 108 cm³/mol. The molecule has 0 aliphatic rings. The van der Waals surface area contributed by atoms with Crippen molar-refractivity contribution in [1.82, 2.24) is 20.0 Å². The second-order valence-corrected chi connectivity index (χ2v) is 7.07. The zero-order chi connectivity index (χ0) is 20.8. The SMILES string of the molecule is CCNC(=NCc1cc(C(=O)OC)c(C)o1)N(C)Cc1cn(C)nc1C(C)C. The fourth-order valence-corrected chi connectivity index (χ4v) is 3.05. The molecule has 154 valence electrons. The number of carbonyl (C=O) groups excluding carboxylic acids is 1. The average Bonchev–Trinajstić information content (AvgIpc) is 3.20. The molecule has 0 atom stereocenters. The highest BCUT2D eigenvalue weighted by atomic mass is 16.5. The number of nitrogens with one attached hydrogen (secondary N) is 1. The third-order valence-electron chi connectivity index (χ3n) is 4.35. The Morgan fingerprint density at radius 3 is 2.79 bits per heavy atom. The highest BCUT2D eigenvalue weighted by molar-refractivity contribution is 5.90. The predicted octanol–water partition coefficient (Wildman–Crippen LogP) is 2.83. The lowest BCUT2D eigenvalue weighted by molar-refractivity contribution is 0.0599. The van der Waals surface area contributed by atoms with Gasteiger partial charge in [-0.3, -0.25) is 4.68 Å². The number of rotatable bonds is 7. The lowest BCUT2D eigenvalue weighted by Gasteiger charge is -2.22. The minimum atomic E-state index is -0.404. The molecule has 0 amide bonds. The van der Waals surface area contributed by atoms with E-state index in [0.29, 0.717) is 36.1 Å². The van der Waals surface area contributed by atoms with Crippen LogP contribution in [0.5, 0.6) is 0 Å². The quantitative estimate of drug-likeness (QED) is 0.445. The Kier molecular flexibility index (Phi) is 7.25. The zero-order valence-electron chi connectivity index (χ0n) is 17.9. The molecule has 0 aliphatic carbocycles. The number of hydrogen-bond donors (Lipinski definition) is 1. The first-order valence-electron chi connectivity index (χ1n) is 9.46. The number of aliphatic imine (C=N–C) groups is 1. The van der Waals surface area contributed by atoms with E-state index in [-0.39, 0.29) is 0 Å². The molecule has 0 radical (unpaired) electrons. The molecule has 2 heterocycles. The normalized spacial score (nSPS) is 11.8. The van der Waals surface area contributed by atoms with Crippen LogP contribution in [0, 0.1) is 6.92 Å². The van der Waals surface area contributed by atoms with Crippen LogP contribution in [-0.2, 0) is 24.9 Å². The summed E-state index contributed by atoms with van der Waals surface area (Å²) in [4.78, 5) is 18.5. The molecule has 8 heteroatoms. The number of hydrogen-bond acceptors (Lipinski definition) is 5. The van der Waals surface area contributed by atoms with E-state index >= 15 is 0 Å². The number of methoxy groups -OCH3 is 1. The Bertz CT molecular complexity index is 835. The summed E-state index contributed by atoms with van der Waals surface area (Å²) in [7, 11) is 5.29. The molecule has 2 aromatic rings. The van der Waals surface area contributed by atoms with Crippen LogP contribution in [0.1, 0.15) is 59.8 Å². The van der Waals surface area contributed by atoms with Crippen molar-refractivity contribution in [3.63, 3.8) is 0 Å². The van der Waals surface area contributed by atoms with E-state index in [0.717, 1.165) is 18.2 Å². The van der Waals surface area contributed by atoms with Crippen molar-refractivity contribution in [1.29, 1.82) is 0 Å². The molecule has 2 rings (SSSR count). The van der Waals surface area contributed by atoms with Crippen LogP contribution in [0.4, 0.5) is 0 Å². The van der Waals surface area contributed by atoms with Crippen LogP contribution in [0.15, 0.2) is 21.7 Å². The van der Waals surface area contributed by atoms with Crippen LogP contribution in [0.25, 0.3) is 0 Å². The lowest BCUT2D eigenvalue weighted by atomic mass is 10.1. The molecule has 1 N–H and O–H groups in total. The highest BCUT2D eigenvalue weighted by Crippen LogP contribution is 2.19. The van der Waals surface area contributed by atoms with Crippen molar-refractivity contribution in [2.45, 2.75) is 46.7 Å². The molecule has 28 heavy (non-hydrogen) atoms. The molecule has 0 saturated heterocycles. The van der Waals surface area contributed by atoms with E-state index in [1.54, 1.807) is 13.0 Å². The summed E-state index contributed by atoms with van der Waals surface area (Å²) in [5.41, 5.74) is 2.70. The van der Waals surface area contributed by atoms with Crippen molar-refractivity contribution >= 4 is 11.9 Å². The van der Waals surface area contributed by atoms with E-state index in [4.69, 9.17) is 9.15 Å². The number of nitrogens with zero attached hydrogens (tertiary/aromatic N) is 4. The summed E-state index contributed by atoms with van der Waals surface area (Å²) < 4.78 is 12.3. The van der Waals surface area contributed by atoms with Crippen LogP contribution < -0.4 is 5.32 Å². The molecular weight excluding hydrogens is 358 g/mol. The number of esters is 1. The third kappa shape index (κ3) is 5.15. The third-order valence-corrected chi connectivity index (χ3v) is 4.35. The van der Waals surface area contributed by atoms with E-state index in [2.05, 4.69) is 34.2 Å².